The molecule has 0 unspecified atom stereocenters. The highest BCUT2D eigenvalue weighted by atomic mass is 32.2. The van der Waals surface area contributed by atoms with Gasteiger partial charge < -0.3 is 4.48 Å². The van der Waals surface area contributed by atoms with E-state index in [1.165, 1.54) is 32.4 Å². The summed E-state index contributed by atoms with van der Waals surface area (Å²) in [5.41, 5.74) is 0. The summed E-state index contributed by atoms with van der Waals surface area (Å²) in [6.07, 6.45) is 3.85. The fraction of sp³-hybridized carbons (Fsp3) is 1.00. The third-order valence-corrected chi connectivity index (χ3v) is 6.40. The van der Waals surface area contributed by atoms with E-state index in [-0.39, 0.29) is 5.25 Å². The van der Waals surface area contributed by atoms with Crippen molar-refractivity contribution in [3.05, 3.63) is 0 Å². The van der Waals surface area contributed by atoms with Gasteiger partial charge in [0.05, 0.1) is 20.1 Å². The molecule has 2 rings (SSSR count). The normalized spacial score (nSPS) is 40.1. The summed E-state index contributed by atoms with van der Waals surface area (Å²) in [5, 5.41) is -0.106. The first-order valence-corrected chi connectivity index (χ1v) is 7.23. The molecular formula is C10H20NO2S+. The molecule has 0 bridgehead atoms. The summed E-state index contributed by atoms with van der Waals surface area (Å²) in [6.45, 7) is 4.22. The van der Waals surface area contributed by atoms with E-state index in [0.717, 1.165) is 4.48 Å². The number of quaternary nitrogens is 1. The molecule has 14 heavy (non-hydrogen) atoms. The van der Waals surface area contributed by atoms with Gasteiger partial charge in [0.1, 0.15) is 17.0 Å². The molecule has 0 radical (unpaired) electrons. The number of rotatable bonds is 1. The summed E-state index contributed by atoms with van der Waals surface area (Å²) in [5.74, 6) is 0.421. The topological polar surface area (TPSA) is 34.1 Å². The maximum Gasteiger partial charge on any atom is 0.164 e. The van der Waals surface area contributed by atoms with Crippen LogP contribution in [0, 0.1) is 0 Å². The van der Waals surface area contributed by atoms with Gasteiger partial charge >= 0.3 is 0 Å². The van der Waals surface area contributed by atoms with Gasteiger partial charge in [-0.05, 0) is 26.2 Å². The Morgan fingerprint density at radius 1 is 1.14 bits per heavy atom. The van der Waals surface area contributed by atoms with E-state index < -0.39 is 9.84 Å². The maximum absolute atomic E-state index is 11.4. The van der Waals surface area contributed by atoms with Gasteiger partial charge in [-0.15, -0.1) is 0 Å². The van der Waals surface area contributed by atoms with Crippen LogP contribution in [0.1, 0.15) is 26.2 Å². The molecule has 0 amide bonds. The zero-order valence-corrected chi connectivity index (χ0v) is 9.89. The summed E-state index contributed by atoms with van der Waals surface area (Å²) < 4.78 is 23.8. The van der Waals surface area contributed by atoms with E-state index >= 15 is 0 Å². The fourth-order valence-corrected chi connectivity index (χ4v) is 4.83. The lowest BCUT2D eigenvalue weighted by molar-refractivity contribution is -0.936. The number of hydrogen-bond donors (Lipinski definition) is 0. The largest absolute Gasteiger partial charge is 0.322 e. The number of piperidine rings is 1. The van der Waals surface area contributed by atoms with Gasteiger partial charge in [0.25, 0.3) is 0 Å². The van der Waals surface area contributed by atoms with E-state index in [2.05, 4.69) is 7.05 Å². The lowest BCUT2D eigenvalue weighted by atomic mass is 10.0. The minimum atomic E-state index is -2.71. The third-order valence-electron chi connectivity index (χ3n) is 4.15. The predicted octanol–water partition coefficient (Wildman–Crippen LogP) is 0.802. The van der Waals surface area contributed by atoms with Gasteiger partial charge in [0, 0.05) is 0 Å². The zero-order chi connectivity index (χ0) is 10.4. The maximum atomic E-state index is 11.4. The Hall–Kier alpha value is -0.0900. The molecule has 0 aliphatic carbocycles. The van der Waals surface area contributed by atoms with Crippen LogP contribution in [-0.4, -0.2) is 50.1 Å². The second kappa shape index (κ2) is 3.20. The van der Waals surface area contributed by atoms with Crippen molar-refractivity contribution < 1.29 is 12.9 Å². The standard InChI is InChI=1S/C10H20NO2S/c1-9-10(8-14(9,12)13)11(2)6-4-3-5-7-11/h9-10H,3-8H2,1-2H3/q+1/t9-,10+/m0/s1. The van der Waals surface area contributed by atoms with Gasteiger partial charge in [-0.1, -0.05) is 0 Å². The van der Waals surface area contributed by atoms with Crippen molar-refractivity contribution in [2.75, 3.05) is 25.9 Å². The van der Waals surface area contributed by atoms with Crippen LogP contribution in [0.25, 0.3) is 0 Å². The molecule has 0 spiro atoms. The monoisotopic (exact) mass is 218 g/mol. The number of hydrogen-bond acceptors (Lipinski definition) is 2. The highest BCUT2D eigenvalue weighted by molar-refractivity contribution is 7.93. The molecule has 0 saturated carbocycles. The van der Waals surface area contributed by atoms with E-state index in [0.29, 0.717) is 11.8 Å². The highest BCUT2D eigenvalue weighted by Crippen LogP contribution is 2.33. The summed E-state index contributed by atoms with van der Waals surface area (Å²) in [4.78, 5) is 0. The lowest BCUT2D eigenvalue weighted by Gasteiger charge is -2.50. The molecule has 2 aliphatic rings. The number of sulfone groups is 1. The molecule has 2 fully saturated rings. The van der Waals surface area contributed by atoms with Gasteiger partial charge in [-0.3, -0.25) is 0 Å². The highest BCUT2D eigenvalue weighted by Gasteiger charge is 2.53. The van der Waals surface area contributed by atoms with Crippen LogP contribution < -0.4 is 0 Å². The molecule has 0 aromatic rings. The molecule has 0 N–H and O–H groups in total. The molecular weight excluding hydrogens is 198 g/mol. The van der Waals surface area contributed by atoms with Crippen LogP contribution in [0.2, 0.25) is 0 Å². The van der Waals surface area contributed by atoms with Gasteiger partial charge in [0.15, 0.2) is 9.84 Å². The van der Waals surface area contributed by atoms with Crippen molar-refractivity contribution in [1.29, 1.82) is 0 Å². The van der Waals surface area contributed by atoms with Crippen molar-refractivity contribution >= 4 is 9.84 Å². The van der Waals surface area contributed by atoms with Crippen molar-refractivity contribution in [1.82, 2.24) is 0 Å². The molecule has 2 atom stereocenters. The number of nitrogens with zero attached hydrogens (tertiary/aromatic N) is 1. The van der Waals surface area contributed by atoms with E-state index in [1.807, 2.05) is 6.92 Å². The third kappa shape index (κ3) is 1.48. The first kappa shape index (κ1) is 10.4. The van der Waals surface area contributed by atoms with Crippen LogP contribution >= 0.6 is 0 Å². The van der Waals surface area contributed by atoms with Crippen LogP contribution in [0.15, 0.2) is 0 Å². The molecule has 2 heterocycles. The molecule has 4 heteroatoms. The first-order valence-electron chi connectivity index (χ1n) is 5.51. The van der Waals surface area contributed by atoms with Crippen molar-refractivity contribution in [2.24, 2.45) is 0 Å². The van der Waals surface area contributed by atoms with Gasteiger partial charge in [-0.2, -0.15) is 0 Å². The lowest BCUT2D eigenvalue weighted by Crippen LogP contribution is -2.68. The fourth-order valence-electron chi connectivity index (χ4n) is 2.90. The van der Waals surface area contributed by atoms with Crippen LogP contribution in [-0.2, 0) is 9.84 Å². The van der Waals surface area contributed by atoms with Gasteiger partial charge in [-0.25, -0.2) is 8.42 Å². The minimum absolute atomic E-state index is 0.106. The summed E-state index contributed by atoms with van der Waals surface area (Å²) in [6, 6.07) is 0.375. The minimum Gasteiger partial charge on any atom is -0.322 e. The predicted molar refractivity (Wildman–Crippen MR) is 56.8 cm³/mol. The molecule has 0 aromatic carbocycles. The quantitative estimate of drug-likeness (QED) is 0.610. The summed E-state index contributed by atoms with van der Waals surface area (Å²) >= 11 is 0. The molecule has 2 saturated heterocycles. The Kier molecular flexibility index (Phi) is 2.39. The van der Waals surface area contributed by atoms with E-state index in [9.17, 15) is 8.42 Å². The van der Waals surface area contributed by atoms with Crippen LogP contribution in [0.4, 0.5) is 0 Å². The second-order valence-corrected chi connectivity index (χ2v) is 7.49. The molecule has 82 valence electrons. The van der Waals surface area contributed by atoms with E-state index in [4.69, 9.17) is 0 Å². The van der Waals surface area contributed by atoms with Crippen molar-refractivity contribution in [2.45, 2.75) is 37.5 Å². The smallest absolute Gasteiger partial charge is 0.164 e. The molecule has 2 aliphatic heterocycles. The average Bonchev–Trinajstić information content (AvgIpc) is 2.15. The SMILES string of the molecule is C[C@H]1[C@H]([N+]2(C)CCCCC2)CS1(=O)=O. The Bertz CT molecular complexity index is 317. The van der Waals surface area contributed by atoms with Crippen molar-refractivity contribution in [3.63, 3.8) is 0 Å². The Morgan fingerprint density at radius 3 is 2.14 bits per heavy atom. The van der Waals surface area contributed by atoms with Crippen LogP contribution in [0.5, 0.6) is 0 Å². The Morgan fingerprint density at radius 2 is 1.71 bits per heavy atom. The first-order chi connectivity index (χ1) is 6.46. The second-order valence-electron chi connectivity index (χ2n) is 5.09. The Balaban J connectivity index is 2.09. The Labute approximate surface area is 86.6 Å². The van der Waals surface area contributed by atoms with Crippen LogP contribution in [0.3, 0.4) is 0 Å². The van der Waals surface area contributed by atoms with Crippen molar-refractivity contribution in [3.8, 4) is 0 Å². The molecule has 0 aromatic heterocycles. The average molecular weight is 218 g/mol. The summed E-state index contributed by atoms with van der Waals surface area (Å²) in [7, 11) is -0.481. The van der Waals surface area contributed by atoms with Gasteiger partial charge in [0.2, 0.25) is 0 Å². The molecule has 3 nitrogen and oxygen atoms in total. The zero-order valence-electron chi connectivity index (χ0n) is 9.07. The number of likely N-dealkylation sites (tertiary alicyclic amines) is 1. The van der Waals surface area contributed by atoms with E-state index in [1.54, 1.807) is 0 Å².